The van der Waals surface area contributed by atoms with E-state index in [1.807, 2.05) is 4.98 Å². The first kappa shape index (κ1) is 10.7. The topological polar surface area (TPSA) is 131 Å². The predicted octanol–water partition coefficient (Wildman–Crippen LogP) is -1.51. The summed E-state index contributed by atoms with van der Waals surface area (Å²) in [6.07, 6.45) is 0.850. The first-order valence-corrected chi connectivity index (χ1v) is 4.79. The quantitative estimate of drug-likeness (QED) is 0.577. The number of hydrogen-bond donors (Lipinski definition) is 3. The minimum Gasteiger partial charge on any atom is -0.480 e. The molecular weight excluding hydrogens is 218 g/mol. The van der Waals surface area contributed by atoms with Gasteiger partial charge < -0.3 is 15.4 Å². The fraction of sp³-hybridized carbons (Fsp3) is 0.625. The minimum atomic E-state index is -1.06. The zero-order valence-corrected chi connectivity index (χ0v) is 8.25. The molecule has 1 heterocycles. The summed E-state index contributed by atoms with van der Waals surface area (Å²) in [5.41, 5.74) is 4.80. The number of rotatable bonds is 3. The molecule has 0 amide bonds. The predicted molar refractivity (Wildman–Crippen MR) is 51.0 cm³/mol. The molecule has 0 unspecified atom stereocenters. The summed E-state index contributed by atoms with van der Waals surface area (Å²) in [7, 11) is 0. The van der Waals surface area contributed by atoms with E-state index in [1.54, 1.807) is 0 Å². The van der Waals surface area contributed by atoms with Crippen LogP contribution in [0.4, 0.5) is 0 Å². The van der Waals surface area contributed by atoms with Crippen molar-refractivity contribution in [3.05, 3.63) is 21.0 Å². The number of nitrogens with two attached hydrogens (primary N) is 1. The average Bonchev–Trinajstić information content (AvgIpc) is 2.43. The molecule has 16 heavy (non-hydrogen) atoms. The van der Waals surface area contributed by atoms with Gasteiger partial charge in [-0.25, -0.2) is 14.6 Å². The van der Waals surface area contributed by atoms with Gasteiger partial charge in [0.2, 0.25) is 0 Å². The van der Waals surface area contributed by atoms with Crippen LogP contribution in [0, 0.1) is 5.92 Å². The molecule has 0 bridgehead atoms. The van der Waals surface area contributed by atoms with Crippen LogP contribution in [0.2, 0.25) is 0 Å². The monoisotopic (exact) mass is 229 g/mol. The number of nitrogens with zero attached hydrogens (tertiary/aromatic N) is 1. The van der Waals surface area contributed by atoms with Crippen molar-refractivity contribution in [2.75, 3.05) is 0 Å². The lowest BCUT2D eigenvalue weighted by Gasteiger charge is -2.35. The highest BCUT2D eigenvalue weighted by Crippen LogP contribution is 2.38. The second-order valence-electron chi connectivity index (χ2n) is 3.88. The largest absolute Gasteiger partial charge is 0.480 e. The van der Waals surface area contributed by atoms with E-state index in [4.69, 9.17) is 10.8 Å². The number of aromatic amines is 1. The van der Waals surface area contributed by atoms with Gasteiger partial charge in [-0.05, 0) is 18.8 Å². The van der Waals surface area contributed by atoms with Gasteiger partial charge in [-0.15, -0.1) is 4.74 Å². The first-order valence-electron chi connectivity index (χ1n) is 4.79. The Morgan fingerprint density at radius 2 is 2.19 bits per heavy atom. The molecule has 1 saturated carbocycles. The van der Waals surface area contributed by atoms with Crippen molar-refractivity contribution in [2.24, 2.45) is 11.7 Å². The number of H-pyrrole nitrogens is 1. The fourth-order valence-corrected chi connectivity index (χ4v) is 1.85. The minimum absolute atomic E-state index is 0.186. The number of carboxylic acids is 1. The number of carboxylic acid groups (broad SMARTS) is 1. The van der Waals surface area contributed by atoms with Gasteiger partial charge in [-0.2, -0.15) is 0 Å². The zero-order valence-electron chi connectivity index (χ0n) is 8.25. The van der Waals surface area contributed by atoms with Gasteiger partial charge in [-0.1, -0.05) is 0 Å². The molecule has 0 aliphatic heterocycles. The van der Waals surface area contributed by atoms with E-state index < -0.39 is 23.5 Å². The van der Waals surface area contributed by atoms with Gasteiger partial charge in [0.15, 0.2) is 0 Å². The molecule has 1 atom stereocenters. The molecule has 88 valence electrons. The molecular formula is C8H11N3O5. The SMILES string of the molecule is N[C@H](C(=O)O)C1CC(n2oc(=O)[nH]c2=O)C1. The van der Waals surface area contributed by atoms with Gasteiger partial charge in [0.25, 0.3) is 0 Å². The lowest BCUT2D eigenvalue weighted by atomic mass is 9.76. The van der Waals surface area contributed by atoms with E-state index in [1.165, 1.54) is 0 Å². The summed E-state index contributed by atoms with van der Waals surface area (Å²) < 4.78 is 5.55. The summed E-state index contributed by atoms with van der Waals surface area (Å²) in [6.45, 7) is 0. The van der Waals surface area contributed by atoms with E-state index >= 15 is 0 Å². The Kier molecular flexibility index (Phi) is 2.43. The molecule has 8 nitrogen and oxygen atoms in total. The molecule has 1 aliphatic carbocycles. The van der Waals surface area contributed by atoms with Crippen LogP contribution in [0.25, 0.3) is 0 Å². The molecule has 0 spiro atoms. The van der Waals surface area contributed by atoms with Crippen molar-refractivity contribution in [1.82, 2.24) is 9.72 Å². The van der Waals surface area contributed by atoms with Gasteiger partial charge in [0.1, 0.15) is 6.04 Å². The maximum Gasteiger partial charge on any atom is 0.440 e. The maximum absolute atomic E-state index is 11.2. The lowest BCUT2D eigenvalue weighted by molar-refractivity contribution is -0.141. The normalized spacial score (nSPS) is 26.1. The van der Waals surface area contributed by atoms with Gasteiger partial charge in [0, 0.05) is 0 Å². The standard InChI is InChI=1S/C8H11N3O5/c9-5(6(12)13)3-1-4(2-3)11-7(14)10-8(15)16-11/h3-5H,1-2,9H2,(H,12,13)(H,10,14,15)/t3?,4?,5-/m0/s1. The number of nitrogens with one attached hydrogen (secondary N) is 1. The van der Waals surface area contributed by atoms with Gasteiger partial charge in [-0.3, -0.25) is 4.79 Å². The third-order valence-electron chi connectivity index (χ3n) is 2.86. The van der Waals surface area contributed by atoms with Crippen LogP contribution < -0.4 is 17.2 Å². The van der Waals surface area contributed by atoms with Crippen LogP contribution in [0.5, 0.6) is 0 Å². The molecule has 0 aromatic carbocycles. The molecule has 1 aliphatic rings. The van der Waals surface area contributed by atoms with Crippen molar-refractivity contribution in [2.45, 2.75) is 24.9 Å². The van der Waals surface area contributed by atoms with Gasteiger partial charge in [0.05, 0.1) is 6.04 Å². The van der Waals surface area contributed by atoms with Crippen molar-refractivity contribution in [3.63, 3.8) is 0 Å². The second kappa shape index (κ2) is 3.63. The molecule has 4 N–H and O–H groups in total. The summed E-state index contributed by atoms with van der Waals surface area (Å²) >= 11 is 0. The van der Waals surface area contributed by atoms with Crippen LogP contribution in [-0.4, -0.2) is 26.8 Å². The Labute approximate surface area is 88.6 Å². The highest BCUT2D eigenvalue weighted by Gasteiger charge is 2.39. The molecule has 2 rings (SSSR count). The number of aromatic nitrogens is 2. The maximum atomic E-state index is 11.2. The molecule has 1 fully saturated rings. The Balaban J connectivity index is 2.04. The molecule has 0 saturated heterocycles. The number of hydrogen-bond acceptors (Lipinski definition) is 5. The van der Waals surface area contributed by atoms with E-state index in [9.17, 15) is 14.4 Å². The summed E-state index contributed by atoms with van der Waals surface area (Å²) in [6, 6.07) is -1.21. The fourth-order valence-electron chi connectivity index (χ4n) is 1.85. The third kappa shape index (κ3) is 1.67. The van der Waals surface area contributed by atoms with Crippen molar-refractivity contribution >= 4 is 5.97 Å². The van der Waals surface area contributed by atoms with E-state index in [0.29, 0.717) is 12.8 Å². The number of carbonyl (C=O) groups is 1. The van der Waals surface area contributed by atoms with Crippen LogP contribution in [0.15, 0.2) is 14.1 Å². The Hall–Kier alpha value is -1.83. The summed E-state index contributed by atoms with van der Waals surface area (Å²) in [4.78, 5) is 34.4. The third-order valence-corrected chi connectivity index (χ3v) is 2.86. The molecule has 1 aromatic rings. The van der Waals surface area contributed by atoms with E-state index in [0.717, 1.165) is 4.74 Å². The Bertz CT molecular complexity index is 506. The van der Waals surface area contributed by atoms with E-state index in [2.05, 4.69) is 4.52 Å². The van der Waals surface area contributed by atoms with Crippen molar-refractivity contribution in [3.8, 4) is 0 Å². The van der Waals surface area contributed by atoms with Crippen molar-refractivity contribution < 1.29 is 14.4 Å². The Morgan fingerprint density at radius 3 is 2.62 bits per heavy atom. The van der Waals surface area contributed by atoms with Crippen LogP contribution >= 0.6 is 0 Å². The van der Waals surface area contributed by atoms with Gasteiger partial charge >= 0.3 is 17.4 Å². The van der Waals surface area contributed by atoms with Crippen LogP contribution in [0.3, 0.4) is 0 Å². The van der Waals surface area contributed by atoms with Crippen LogP contribution in [0.1, 0.15) is 18.9 Å². The first-order chi connectivity index (χ1) is 7.49. The van der Waals surface area contributed by atoms with Crippen molar-refractivity contribution in [1.29, 1.82) is 0 Å². The Morgan fingerprint density at radius 1 is 1.56 bits per heavy atom. The highest BCUT2D eigenvalue weighted by molar-refractivity contribution is 5.73. The lowest BCUT2D eigenvalue weighted by Crippen LogP contribution is -2.46. The molecule has 8 heteroatoms. The zero-order chi connectivity index (χ0) is 11.9. The number of aliphatic carboxylic acids is 1. The molecule has 0 radical (unpaired) electrons. The highest BCUT2D eigenvalue weighted by atomic mass is 16.5. The smallest absolute Gasteiger partial charge is 0.440 e. The second-order valence-corrected chi connectivity index (χ2v) is 3.88. The van der Waals surface area contributed by atoms with E-state index in [-0.39, 0.29) is 12.0 Å². The molecule has 1 aromatic heterocycles. The average molecular weight is 229 g/mol. The summed E-state index contributed by atoms with van der Waals surface area (Å²) in [5.74, 6) is -2.06. The van der Waals surface area contributed by atoms with Crippen LogP contribution in [-0.2, 0) is 4.79 Å². The summed E-state index contributed by atoms with van der Waals surface area (Å²) in [5, 5.41) is 8.66.